The zero-order valence-electron chi connectivity index (χ0n) is 19.5. The van der Waals surface area contributed by atoms with E-state index < -0.39 is 5.60 Å². The molecule has 2 heterocycles. The van der Waals surface area contributed by atoms with Gasteiger partial charge in [-0.1, -0.05) is 6.58 Å². The molecule has 1 saturated heterocycles. The lowest BCUT2D eigenvalue weighted by molar-refractivity contribution is 0.0683. The van der Waals surface area contributed by atoms with Gasteiger partial charge in [-0.3, -0.25) is 4.79 Å². The Labute approximate surface area is 185 Å². The van der Waals surface area contributed by atoms with Crippen molar-refractivity contribution in [3.05, 3.63) is 53.1 Å². The van der Waals surface area contributed by atoms with Crippen molar-refractivity contribution >= 4 is 22.7 Å². The van der Waals surface area contributed by atoms with E-state index >= 15 is 0 Å². The summed E-state index contributed by atoms with van der Waals surface area (Å²) >= 11 is 0. The molecule has 0 bridgehead atoms. The summed E-state index contributed by atoms with van der Waals surface area (Å²) in [7, 11) is 1.69. The molecule has 0 aliphatic carbocycles. The number of benzene rings is 2. The number of hydrogen-bond acceptors (Lipinski definition) is 5. The molecule has 1 fully saturated rings. The third-order valence-corrected chi connectivity index (χ3v) is 6.56. The van der Waals surface area contributed by atoms with Crippen molar-refractivity contribution in [3.8, 4) is 11.5 Å². The summed E-state index contributed by atoms with van der Waals surface area (Å²) in [6, 6.07) is 8.22. The maximum Gasteiger partial charge on any atom is 0.210 e. The Morgan fingerprint density at radius 3 is 2.16 bits per heavy atom. The quantitative estimate of drug-likeness (QED) is 0.694. The lowest BCUT2D eigenvalue weighted by atomic mass is 9.87. The number of carbonyl (C=O) groups excluding carboxylic acids is 1. The van der Waals surface area contributed by atoms with Gasteiger partial charge in [0.05, 0.1) is 12.7 Å². The van der Waals surface area contributed by atoms with Crippen LogP contribution in [0, 0.1) is 13.8 Å². The first-order valence-corrected chi connectivity index (χ1v) is 10.9. The van der Waals surface area contributed by atoms with Crippen LogP contribution in [0.4, 0.5) is 11.4 Å². The van der Waals surface area contributed by atoms with E-state index in [0.29, 0.717) is 5.56 Å². The van der Waals surface area contributed by atoms with Crippen LogP contribution in [0.25, 0.3) is 5.57 Å². The van der Waals surface area contributed by atoms with Crippen molar-refractivity contribution in [3.63, 3.8) is 0 Å². The highest BCUT2D eigenvalue weighted by Crippen LogP contribution is 2.48. The number of fused-ring (bicyclic) bond motifs is 1. The molecule has 0 aromatic heterocycles. The van der Waals surface area contributed by atoms with E-state index in [0.717, 1.165) is 60.1 Å². The molecule has 0 N–H and O–H groups in total. The van der Waals surface area contributed by atoms with Crippen LogP contribution in [0.15, 0.2) is 30.8 Å². The van der Waals surface area contributed by atoms with Crippen molar-refractivity contribution in [1.29, 1.82) is 0 Å². The summed E-state index contributed by atoms with van der Waals surface area (Å²) < 4.78 is 11.4. The Hall–Kier alpha value is -2.95. The average molecular weight is 421 g/mol. The number of carbonyl (C=O) groups is 1. The second-order valence-corrected chi connectivity index (χ2v) is 9.07. The minimum Gasteiger partial charge on any atom is -0.497 e. The fourth-order valence-corrected chi connectivity index (χ4v) is 4.69. The summed E-state index contributed by atoms with van der Waals surface area (Å²) in [6.45, 7) is 17.7. The molecule has 2 aliphatic heterocycles. The Kier molecular flexibility index (Phi) is 5.24. The van der Waals surface area contributed by atoms with Crippen molar-refractivity contribution in [2.45, 2.75) is 40.2 Å². The highest BCUT2D eigenvalue weighted by Gasteiger charge is 2.44. The molecule has 0 saturated carbocycles. The summed E-state index contributed by atoms with van der Waals surface area (Å²) in [5.41, 5.74) is 6.27. The molecular formula is C26H32N2O3. The van der Waals surface area contributed by atoms with Crippen molar-refractivity contribution in [2.24, 2.45) is 0 Å². The average Bonchev–Trinajstić information content (AvgIpc) is 3.00. The number of ether oxygens (including phenoxy) is 2. The van der Waals surface area contributed by atoms with Gasteiger partial charge < -0.3 is 19.3 Å². The number of piperazine rings is 1. The molecular weight excluding hydrogens is 388 g/mol. The number of nitrogens with zero attached hydrogens (tertiary/aromatic N) is 2. The normalized spacial score (nSPS) is 17.4. The zero-order valence-corrected chi connectivity index (χ0v) is 19.5. The van der Waals surface area contributed by atoms with Crippen LogP contribution in [-0.2, 0) is 0 Å². The van der Waals surface area contributed by atoms with E-state index in [1.807, 2.05) is 32.9 Å². The molecule has 4 rings (SSSR count). The molecule has 2 aromatic carbocycles. The van der Waals surface area contributed by atoms with Crippen LogP contribution in [0.1, 0.15) is 47.8 Å². The van der Waals surface area contributed by atoms with E-state index in [1.165, 1.54) is 11.3 Å². The van der Waals surface area contributed by atoms with E-state index in [9.17, 15) is 4.79 Å². The molecule has 2 aliphatic rings. The molecule has 5 heteroatoms. The zero-order chi connectivity index (χ0) is 22.5. The largest absolute Gasteiger partial charge is 0.497 e. The number of hydrogen-bond donors (Lipinski definition) is 0. The summed E-state index contributed by atoms with van der Waals surface area (Å²) in [4.78, 5) is 18.0. The monoisotopic (exact) mass is 420 g/mol. The molecule has 0 radical (unpaired) electrons. The standard InChI is InChI=1S/C26H32N2O3/c1-16(2)21-22-24(31-26(5,6)25(22)29)18(4)17(3)23(21)28-14-12-27(13-15-28)19-8-10-20(30-7)11-9-19/h8-11H,1,12-15H2,2-7H3. The lowest BCUT2D eigenvalue weighted by Crippen LogP contribution is -2.47. The minimum absolute atomic E-state index is 0.0433. The molecule has 0 unspecified atom stereocenters. The number of rotatable bonds is 4. The van der Waals surface area contributed by atoms with Gasteiger partial charge in [-0.15, -0.1) is 0 Å². The molecule has 0 atom stereocenters. The number of anilines is 2. The van der Waals surface area contributed by atoms with Gasteiger partial charge >= 0.3 is 0 Å². The topological polar surface area (TPSA) is 42.0 Å². The van der Waals surface area contributed by atoms with Crippen molar-refractivity contribution in [2.75, 3.05) is 43.1 Å². The predicted octanol–water partition coefficient (Wildman–Crippen LogP) is 5.03. The van der Waals surface area contributed by atoms with Crippen LogP contribution in [-0.4, -0.2) is 44.7 Å². The summed E-state index contributed by atoms with van der Waals surface area (Å²) in [5, 5.41) is 0. The number of Topliss-reactive ketones (excluding diaryl/α,β-unsaturated/α-hetero) is 1. The second kappa shape index (κ2) is 7.63. The maximum atomic E-state index is 13.2. The van der Waals surface area contributed by atoms with Crippen LogP contribution in [0.5, 0.6) is 11.5 Å². The van der Waals surface area contributed by atoms with E-state index in [1.54, 1.807) is 7.11 Å². The first-order chi connectivity index (χ1) is 14.7. The second-order valence-electron chi connectivity index (χ2n) is 9.07. The number of allylic oxidation sites excluding steroid dienone is 1. The molecule has 5 nitrogen and oxygen atoms in total. The highest BCUT2D eigenvalue weighted by atomic mass is 16.5. The van der Waals surface area contributed by atoms with Gasteiger partial charge in [-0.25, -0.2) is 0 Å². The smallest absolute Gasteiger partial charge is 0.210 e. The third kappa shape index (κ3) is 3.46. The Bertz CT molecular complexity index is 1050. The lowest BCUT2D eigenvalue weighted by Gasteiger charge is -2.39. The van der Waals surface area contributed by atoms with Crippen LogP contribution in [0.2, 0.25) is 0 Å². The molecule has 0 spiro atoms. The van der Waals surface area contributed by atoms with Gasteiger partial charge in [-0.05, 0) is 75.6 Å². The van der Waals surface area contributed by atoms with Gasteiger partial charge in [0.25, 0.3) is 0 Å². The number of ketones is 1. The Balaban J connectivity index is 1.68. The van der Waals surface area contributed by atoms with Crippen LogP contribution < -0.4 is 19.3 Å². The number of methoxy groups -OCH3 is 1. The molecule has 0 amide bonds. The van der Waals surface area contributed by atoms with Crippen LogP contribution in [0.3, 0.4) is 0 Å². The molecule has 2 aromatic rings. The Morgan fingerprint density at radius 2 is 1.61 bits per heavy atom. The minimum atomic E-state index is -0.838. The van der Waals surface area contributed by atoms with Gasteiger partial charge in [-0.2, -0.15) is 0 Å². The van der Waals surface area contributed by atoms with Gasteiger partial charge in [0.1, 0.15) is 11.5 Å². The fourth-order valence-electron chi connectivity index (χ4n) is 4.69. The third-order valence-electron chi connectivity index (χ3n) is 6.56. The van der Waals surface area contributed by atoms with Gasteiger partial charge in [0.15, 0.2) is 5.60 Å². The SMILES string of the molecule is C=C(C)c1c2c(c(C)c(C)c1N1CCN(c3ccc(OC)cc3)CC1)OC(C)(C)C2=O. The van der Waals surface area contributed by atoms with Crippen LogP contribution >= 0.6 is 0 Å². The van der Waals surface area contributed by atoms with Crippen molar-refractivity contribution in [1.82, 2.24) is 0 Å². The predicted molar refractivity (Wildman–Crippen MR) is 127 cm³/mol. The fraction of sp³-hybridized carbons (Fsp3) is 0.423. The first kappa shape index (κ1) is 21.3. The van der Waals surface area contributed by atoms with E-state index in [4.69, 9.17) is 9.47 Å². The molecule has 164 valence electrons. The highest BCUT2D eigenvalue weighted by molar-refractivity contribution is 6.12. The summed E-state index contributed by atoms with van der Waals surface area (Å²) in [5.74, 6) is 1.64. The van der Waals surface area contributed by atoms with E-state index in [2.05, 4.69) is 42.4 Å². The first-order valence-electron chi connectivity index (χ1n) is 10.9. The summed E-state index contributed by atoms with van der Waals surface area (Å²) in [6.07, 6.45) is 0. The van der Waals surface area contributed by atoms with Crippen molar-refractivity contribution < 1.29 is 14.3 Å². The van der Waals surface area contributed by atoms with Gasteiger partial charge in [0, 0.05) is 43.1 Å². The van der Waals surface area contributed by atoms with E-state index in [-0.39, 0.29) is 5.78 Å². The Morgan fingerprint density at radius 1 is 1.03 bits per heavy atom. The maximum absolute atomic E-state index is 13.2. The van der Waals surface area contributed by atoms with Gasteiger partial charge in [0.2, 0.25) is 5.78 Å². The molecule has 31 heavy (non-hydrogen) atoms.